The molecule has 3 heteroatoms. The molecule has 3 nitrogen and oxygen atoms in total. The number of Topliss-reactive ketones (excluding diaryl/α,β-unsaturated/α-hetero) is 1. The predicted molar refractivity (Wildman–Crippen MR) is 81.1 cm³/mol. The molecule has 1 N–H and O–H groups in total. The molecule has 0 aliphatic carbocycles. The van der Waals surface area contributed by atoms with E-state index >= 15 is 0 Å². The number of hydrogen-bond acceptors (Lipinski definition) is 3. The quantitative estimate of drug-likeness (QED) is 0.689. The number of allylic oxidation sites excluding steroid dienone is 2. The van der Waals surface area contributed by atoms with E-state index in [-0.39, 0.29) is 23.7 Å². The van der Waals surface area contributed by atoms with E-state index in [1.165, 1.54) is 0 Å². The van der Waals surface area contributed by atoms with Gasteiger partial charge >= 0.3 is 0 Å². The van der Waals surface area contributed by atoms with E-state index in [4.69, 9.17) is 0 Å². The minimum Gasteiger partial charge on any atom is -0.391 e. The van der Waals surface area contributed by atoms with Gasteiger partial charge in [0.15, 0.2) is 5.78 Å². The zero-order chi connectivity index (χ0) is 15.2. The lowest BCUT2D eigenvalue weighted by Crippen LogP contribution is -2.53. The van der Waals surface area contributed by atoms with Crippen molar-refractivity contribution in [3.05, 3.63) is 12.2 Å². The van der Waals surface area contributed by atoms with Crippen molar-refractivity contribution in [2.75, 3.05) is 7.05 Å². The highest BCUT2D eigenvalue weighted by molar-refractivity contribution is 5.86. The van der Waals surface area contributed by atoms with Gasteiger partial charge in [0, 0.05) is 12.0 Å². The third-order valence-corrected chi connectivity index (χ3v) is 3.76. The Labute approximate surface area is 118 Å². The molecular weight excluding hydrogens is 238 g/mol. The second-order valence-electron chi connectivity index (χ2n) is 6.03. The van der Waals surface area contributed by atoms with Crippen LogP contribution in [0.2, 0.25) is 0 Å². The molecule has 0 aromatic carbocycles. The Bertz CT molecular complexity index is 297. The molecule has 1 unspecified atom stereocenters. The Morgan fingerprint density at radius 3 is 2.11 bits per heavy atom. The first-order valence-electron chi connectivity index (χ1n) is 7.28. The van der Waals surface area contributed by atoms with E-state index in [0.29, 0.717) is 0 Å². The third kappa shape index (κ3) is 5.45. The Morgan fingerprint density at radius 1 is 1.21 bits per heavy atom. The molecule has 0 amide bonds. The van der Waals surface area contributed by atoms with Gasteiger partial charge in [-0.3, -0.25) is 9.69 Å². The van der Waals surface area contributed by atoms with E-state index in [1.54, 1.807) is 0 Å². The van der Waals surface area contributed by atoms with Crippen LogP contribution in [0.3, 0.4) is 0 Å². The van der Waals surface area contributed by atoms with Crippen molar-refractivity contribution in [1.82, 2.24) is 4.90 Å². The van der Waals surface area contributed by atoms with Crippen LogP contribution in [0, 0.1) is 11.8 Å². The van der Waals surface area contributed by atoms with Gasteiger partial charge in [-0.15, -0.1) is 0 Å². The largest absolute Gasteiger partial charge is 0.391 e. The summed E-state index contributed by atoms with van der Waals surface area (Å²) < 4.78 is 0. The van der Waals surface area contributed by atoms with Gasteiger partial charge in [-0.1, -0.05) is 32.9 Å². The van der Waals surface area contributed by atoms with E-state index in [0.717, 1.165) is 6.42 Å². The molecule has 0 aliphatic rings. The van der Waals surface area contributed by atoms with Crippen molar-refractivity contribution in [2.24, 2.45) is 11.8 Å². The van der Waals surface area contributed by atoms with E-state index in [2.05, 4.69) is 0 Å². The number of rotatable bonds is 8. The fourth-order valence-corrected chi connectivity index (χ4v) is 2.07. The van der Waals surface area contributed by atoms with Crippen LogP contribution in [0.1, 0.15) is 48.0 Å². The zero-order valence-electron chi connectivity index (χ0n) is 13.6. The smallest absolute Gasteiger partial charge is 0.155 e. The Hall–Kier alpha value is -0.670. The van der Waals surface area contributed by atoms with Crippen LogP contribution < -0.4 is 0 Å². The van der Waals surface area contributed by atoms with Gasteiger partial charge < -0.3 is 5.11 Å². The van der Waals surface area contributed by atoms with Crippen LogP contribution in [0.15, 0.2) is 12.2 Å². The number of carbonyl (C=O) groups excluding carboxylic acids is 1. The SMILES string of the molecule is C/C=C/C[C@@H](C)[C@@H](O)C(C(=O)C(C)C)N(C)C(C)C. The van der Waals surface area contributed by atoms with Crippen LogP contribution in [0.5, 0.6) is 0 Å². The highest BCUT2D eigenvalue weighted by Crippen LogP contribution is 2.20. The topological polar surface area (TPSA) is 40.5 Å². The summed E-state index contributed by atoms with van der Waals surface area (Å²) >= 11 is 0. The van der Waals surface area contributed by atoms with Gasteiger partial charge in [-0.05, 0) is 40.2 Å². The standard InChI is InChI=1S/C16H31NO2/c1-8-9-10-13(6)16(19)14(15(18)11(2)3)17(7)12(4)5/h8-9,11-14,16,19H,10H2,1-7H3/b9-8+/t13-,14?,16-/m1/s1. The van der Waals surface area contributed by atoms with Crippen LogP contribution in [0.25, 0.3) is 0 Å². The molecule has 0 aromatic heterocycles. The molecule has 0 spiro atoms. The maximum Gasteiger partial charge on any atom is 0.155 e. The lowest BCUT2D eigenvalue weighted by Gasteiger charge is -2.36. The lowest BCUT2D eigenvalue weighted by atomic mass is 9.87. The summed E-state index contributed by atoms with van der Waals surface area (Å²) in [5.74, 6) is 0.135. The molecule has 0 fully saturated rings. The molecule has 112 valence electrons. The van der Waals surface area contributed by atoms with Crippen molar-refractivity contribution in [2.45, 2.75) is 66.2 Å². The molecule has 0 aromatic rings. The molecule has 3 atom stereocenters. The predicted octanol–water partition coefficient (Wildman–Crippen LogP) is 2.88. The summed E-state index contributed by atoms with van der Waals surface area (Å²) in [5.41, 5.74) is 0. The normalized spacial score (nSPS) is 17.4. The third-order valence-electron chi connectivity index (χ3n) is 3.76. The number of aliphatic hydroxyl groups excluding tert-OH is 1. The highest BCUT2D eigenvalue weighted by Gasteiger charge is 2.35. The summed E-state index contributed by atoms with van der Waals surface area (Å²) in [4.78, 5) is 14.4. The molecule has 0 bridgehead atoms. The molecule has 19 heavy (non-hydrogen) atoms. The minimum atomic E-state index is -0.626. The van der Waals surface area contributed by atoms with Crippen molar-refractivity contribution >= 4 is 5.78 Å². The van der Waals surface area contributed by atoms with Crippen LogP contribution in [0.4, 0.5) is 0 Å². The summed E-state index contributed by atoms with van der Waals surface area (Å²) in [7, 11) is 1.92. The summed E-state index contributed by atoms with van der Waals surface area (Å²) in [6, 6.07) is -0.184. The van der Waals surface area contributed by atoms with Gasteiger partial charge in [0.25, 0.3) is 0 Å². The van der Waals surface area contributed by atoms with Crippen molar-refractivity contribution < 1.29 is 9.90 Å². The van der Waals surface area contributed by atoms with Gasteiger partial charge in [0.2, 0.25) is 0 Å². The number of hydrogen-bond donors (Lipinski definition) is 1. The first-order valence-corrected chi connectivity index (χ1v) is 7.28. The Kier molecular flexibility index (Phi) is 8.19. The average Bonchev–Trinajstić information content (AvgIpc) is 2.35. The van der Waals surface area contributed by atoms with Crippen LogP contribution in [-0.2, 0) is 4.79 Å². The number of nitrogens with zero attached hydrogens (tertiary/aromatic N) is 1. The van der Waals surface area contributed by atoms with Gasteiger partial charge in [0.05, 0.1) is 12.1 Å². The van der Waals surface area contributed by atoms with Crippen LogP contribution in [-0.4, -0.2) is 41.0 Å². The van der Waals surface area contributed by atoms with E-state index in [9.17, 15) is 9.90 Å². The number of aliphatic hydroxyl groups is 1. The molecule has 0 heterocycles. The first-order chi connectivity index (χ1) is 8.73. The van der Waals surface area contributed by atoms with Crippen molar-refractivity contribution in [1.29, 1.82) is 0 Å². The average molecular weight is 269 g/mol. The molecule has 0 saturated carbocycles. The van der Waals surface area contributed by atoms with Crippen LogP contribution >= 0.6 is 0 Å². The maximum absolute atomic E-state index is 12.4. The summed E-state index contributed by atoms with van der Waals surface area (Å²) in [6.45, 7) is 11.9. The fourth-order valence-electron chi connectivity index (χ4n) is 2.07. The van der Waals surface area contributed by atoms with E-state index in [1.807, 2.05) is 65.6 Å². The highest BCUT2D eigenvalue weighted by atomic mass is 16.3. The maximum atomic E-state index is 12.4. The van der Waals surface area contributed by atoms with Crippen molar-refractivity contribution in [3.63, 3.8) is 0 Å². The molecule has 0 saturated heterocycles. The first kappa shape index (κ1) is 18.3. The number of ketones is 1. The molecule has 0 aliphatic heterocycles. The van der Waals surface area contributed by atoms with E-state index < -0.39 is 12.1 Å². The van der Waals surface area contributed by atoms with Gasteiger partial charge in [-0.2, -0.15) is 0 Å². The fraction of sp³-hybridized carbons (Fsp3) is 0.812. The summed E-state index contributed by atoms with van der Waals surface area (Å²) in [5, 5.41) is 10.5. The Balaban J connectivity index is 5.06. The Morgan fingerprint density at radius 2 is 1.74 bits per heavy atom. The second kappa shape index (κ2) is 8.49. The van der Waals surface area contributed by atoms with Gasteiger partial charge in [0.1, 0.15) is 0 Å². The molecule has 0 rings (SSSR count). The zero-order valence-corrected chi connectivity index (χ0v) is 13.6. The van der Waals surface area contributed by atoms with Crippen molar-refractivity contribution in [3.8, 4) is 0 Å². The lowest BCUT2D eigenvalue weighted by molar-refractivity contribution is -0.133. The number of likely N-dealkylation sites (N-methyl/N-ethyl adjacent to an activating group) is 1. The second-order valence-corrected chi connectivity index (χ2v) is 6.03. The monoisotopic (exact) mass is 269 g/mol. The molecular formula is C16H31NO2. The van der Waals surface area contributed by atoms with Gasteiger partial charge in [-0.25, -0.2) is 0 Å². The molecule has 0 radical (unpaired) electrons. The minimum absolute atomic E-state index is 0.0604. The summed E-state index contributed by atoms with van der Waals surface area (Å²) in [6.07, 6.45) is 4.19. The number of carbonyl (C=O) groups is 1.